The smallest absolute Gasteiger partial charge is 0.0469 e. The minimum Gasteiger partial charge on any atom is -0.381 e. The van der Waals surface area contributed by atoms with Crippen molar-refractivity contribution < 1.29 is 4.74 Å². The fourth-order valence-electron chi connectivity index (χ4n) is 4.41. The van der Waals surface area contributed by atoms with E-state index >= 15 is 0 Å². The highest BCUT2D eigenvalue weighted by Crippen LogP contribution is 2.32. The van der Waals surface area contributed by atoms with Crippen LogP contribution in [0.1, 0.15) is 30.4 Å². The number of hydrogen-bond donors (Lipinski definition) is 0. The Morgan fingerprint density at radius 1 is 0.923 bits per heavy atom. The zero-order chi connectivity index (χ0) is 17.8. The molecule has 3 heteroatoms. The zero-order valence-corrected chi connectivity index (χ0v) is 15.9. The van der Waals surface area contributed by atoms with Crippen molar-refractivity contribution in [2.45, 2.75) is 32.2 Å². The Bertz CT molecular complexity index is 724. The molecule has 0 spiro atoms. The van der Waals surface area contributed by atoms with E-state index in [0.29, 0.717) is 0 Å². The predicted octanol–water partition coefficient (Wildman–Crippen LogP) is 4.63. The Hall–Kier alpha value is -1.84. The summed E-state index contributed by atoms with van der Waals surface area (Å²) in [5.74, 6) is 0.781. The van der Waals surface area contributed by atoms with Gasteiger partial charge in [-0.05, 0) is 61.4 Å². The second-order valence-corrected chi connectivity index (χ2v) is 7.71. The van der Waals surface area contributed by atoms with Crippen molar-refractivity contribution in [3.05, 3.63) is 59.7 Å². The predicted molar refractivity (Wildman–Crippen MR) is 108 cm³/mol. The number of para-hydroxylation sites is 2. The van der Waals surface area contributed by atoms with Gasteiger partial charge in [-0.2, -0.15) is 0 Å². The molecule has 0 unspecified atom stereocenters. The van der Waals surface area contributed by atoms with E-state index in [1.54, 1.807) is 0 Å². The van der Waals surface area contributed by atoms with Crippen LogP contribution >= 0.6 is 0 Å². The first-order valence-electron chi connectivity index (χ1n) is 10.0. The number of rotatable bonds is 2. The van der Waals surface area contributed by atoms with E-state index in [2.05, 4.69) is 65.4 Å². The largest absolute Gasteiger partial charge is 0.381 e. The van der Waals surface area contributed by atoms with Gasteiger partial charge >= 0.3 is 0 Å². The van der Waals surface area contributed by atoms with Gasteiger partial charge in [0, 0.05) is 44.7 Å². The summed E-state index contributed by atoms with van der Waals surface area (Å²) >= 11 is 0. The Kier molecular flexibility index (Phi) is 5.57. The maximum atomic E-state index is 5.55. The number of aryl methyl sites for hydroxylation is 1. The summed E-state index contributed by atoms with van der Waals surface area (Å²) in [6.07, 6.45) is 4.78. The fourth-order valence-corrected chi connectivity index (χ4v) is 4.41. The van der Waals surface area contributed by atoms with E-state index in [9.17, 15) is 0 Å². The van der Waals surface area contributed by atoms with Crippen LogP contribution in [0.2, 0.25) is 0 Å². The molecule has 0 amide bonds. The molecule has 2 aliphatic heterocycles. The molecule has 0 bridgehead atoms. The summed E-state index contributed by atoms with van der Waals surface area (Å²) in [6.45, 7) is 5.28. The van der Waals surface area contributed by atoms with Crippen LogP contribution in [0.4, 0.5) is 11.4 Å². The van der Waals surface area contributed by atoms with Gasteiger partial charge in [0.25, 0.3) is 0 Å². The lowest BCUT2D eigenvalue weighted by Crippen LogP contribution is -2.34. The van der Waals surface area contributed by atoms with Gasteiger partial charge in [-0.15, -0.1) is 0 Å². The van der Waals surface area contributed by atoms with Gasteiger partial charge < -0.3 is 9.64 Å². The number of fused-ring (bicyclic) bond motifs is 2. The molecule has 0 aromatic heterocycles. The first-order valence-corrected chi connectivity index (χ1v) is 10.0. The van der Waals surface area contributed by atoms with Gasteiger partial charge in [-0.25, -0.2) is 0 Å². The third-order valence-corrected chi connectivity index (χ3v) is 5.88. The summed E-state index contributed by atoms with van der Waals surface area (Å²) in [4.78, 5) is 5.05. The molecule has 0 atom stereocenters. The quantitative estimate of drug-likeness (QED) is 0.785. The first kappa shape index (κ1) is 17.6. The average Bonchev–Trinajstić information content (AvgIpc) is 2.69. The highest BCUT2D eigenvalue weighted by Gasteiger charge is 2.21. The number of hydrogen-bond acceptors (Lipinski definition) is 3. The molecule has 0 radical (unpaired) electrons. The zero-order valence-electron chi connectivity index (χ0n) is 15.9. The Labute approximate surface area is 157 Å². The van der Waals surface area contributed by atoms with E-state index in [0.717, 1.165) is 32.1 Å². The van der Waals surface area contributed by atoms with Crippen LogP contribution in [0.15, 0.2) is 48.5 Å². The van der Waals surface area contributed by atoms with Gasteiger partial charge in [-0.1, -0.05) is 36.4 Å². The Morgan fingerprint density at radius 3 is 2.35 bits per heavy atom. The second kappa shape index (κ2) is 8.24. The molecule has 3 nitrogen and oxygen atoms in total. The van der Waals surface area contributed by atoms with Crippen LogP contribution in [-0.2, 0) is 17.7 Å². The number of benzene rings is 2. The van der Waals surface area contributed by atoms with Gasteiger partial charge in [-0.3, -0.25) is 4.90 Å². The van der Waals surface area contributed by atoms with Crippen molar-refractivity contribution >= 4 is 11.4 Å². The summed E-state index contributed by atoms with van der Waals surface area (Å²) < 4.78 is 5.55. The molecule has 4 rings (SSSR count). The molecule has 0 aliphatic carbocycles. The molecular weight excluding hydrogens is 320 g/mol. The van der Waals surface area contributed by atoms with Gasteiger partial charge in [0.1, 0.15) is 0 Å². The average molecular weight is 351 g/mol. The van der Waals surface area contributed by atoms with Crippen molar-refractivity contribution in [2.24, 2.45) is 5.92 Å². The summed E-state index contributed by atoms with van der Waals surface area (Å²) in [5, 5.41) is 0. The highest BCUT2D eigenvalue weighted by molar-refractivity contribution is 5.68. The monoisotopic (exact) mass is 350 g/mol. The van der Waals surface area contributed by atoms with Crippen molar-refractivity contribution in [2.75, 3.05) is 38.3 Å². The fraction of sp³-hybridized carbons (Fsp3) is 0.478. The summed E-state index contributed by atoms with van der Waals surface area (Å²) in [6, 6.07) is 17.8. The molecule has 0 N–H and O–H groups in total. The van der Waals surface area contributed by atoms with Gasteiger partial charge in [0.2, 0.25) is 0 Å². The lowest BCUT2D eigenvalue weighted by atomic mass is 9.98. The molecule has 2 aromatic carbocycles. The van der Waals surface area contributed by atoms with Crippen molar-refractivity contribution in [3.63, 3.8) is 0 Å². The van der Waals surface area contributed by atoms with Crippen LogP contribution in [0.25, 0.3) is 0 Å². The summed E-state index contributed by atoms with van der Waals surface area (Å²) in [5.41, 5.74) is 5.56. The second-order valence-electron chi connectivity index (χ2n) is 7.71. The topological polar surface area (TPSA) is 15.7 Å². The highest BCUT2D eigenvalue weighted by atomic mass is 16.5. The lowest BCUT2D eigenvalue weighted by molar-refractivity contribution is 0.0512. The first-order chi connectivity index (χ1) is 12.8. The molecule has 2 aliphatic rings. The van der Waals surface area contributed by atoms with Crippen LogP contribution in [0, 0.1) is 5.92 Å². The number of nitrogens with zero attached hydrogens (tertiary/aromatic N) is 2. The molecule has 1 saturated heterocycles. The van der Waals surface area contributed by atoms with Crippen LogP contribution in [-0.4, -0.2) is 38.3 Å². The molecule has 138 valence electrons. The SMILES string of the molecule is CN1c2ccccc2CCCN(CC2CCOCC2)Cc2ccccc21. The number of ether oxygens (including phenoxy) is 1. The molecule has 1 fully saturated rings. The Balaban J connectivity index is 1.62. The van der Waals surface area contributed by atoms with Crippen molar-refractivity contribution in [3.8, 4) is 0 Å². The number of anilines is 2. The standard InChI is InChI=1S/C23H30N2O/c1-24-22-10-4-2-7-20(22)9-6-14-25(17-19-12-15-26-16-13-19)18-21-8-3-5-11-23(21)24/h2-5,7-8,10-11,19H,6,9,12-18H2,1H3. The maximum absolute atomic E-state index is 5.55. The van der Waals surface area contributed by atoms with Crippen LogP contribution < -0.4 is 4.90 Å². The normalized spacial score (nSPS) is 19.7. The minimum absolute atomic E-state index is 0.781. The van der Waals surface area contributed by atoms with Crippen LogP contribution in [0.5, 0.6) is 0 Å². The molecule has 2 aromatic rings. The van der Waals surface area contributed by atoms with Gasteiger partial charge in [0.05, 0.1) is 0 Å². The minimum atomic E-state index is 0.781. The maximum Gasteiger partial charge on any atom is 0.0469 e. The molecule has 2 heterocycles. The molecule has 26 heavy (non-hydrogen) atoms. The van der Waals surface area contributed by atoms with Crippen molar-refractivity contribution in [1.82, 2.24) is 4.90 Å². The molecule has 0 saturated carbocycles. The van der Waals surface area contributed by atoms with Crippen LogP contribution in [0.3, 0.4) is 0 Å². The van der Waals surface area contributed by atoms with Crippen molar-refractivity contribution in [1.29, 1.82) is 0 Å². The Morgan fingerprint density at radius 2 is 1.58 bits per heavy atom. The third kappa shape index (κ3) is 3.94. The van der Waals surface area contributed by atoms with E-state index in [-0.39, 0.29) is 0 Å². The third-order valence-electron chi connectivity index (χ3n) is 5.88. The van der Waals surface area contributed by atoms with E-state index in [1.165, 1.54) is 54.9 Å². The van der Waals surface area contributed by atoms with Gasteiger partial charge in [0.15, 0.2) is 0 Å². The molecular formula is C23H30N2O. The summed E-state index contributed by atoms with van der Waals surface area (Å²) in [7, 11) is 2.21. The van der Waals surface area contributed by atoms with E-state index in [4.69, 9.17) is 4.74 Å². The van der Waals surface area contributed by atoms with E-state index in [1.807, 2.05) is 0 Å². The van der Waals surface area contributed by atoms with E-state index < -0.39 is 0 Å². The lowest BCUT2D eigenvalue weighted by Gasteiger charge is -2.33.